The van der Waals surface area contributed by atoms with Gasteiger partial charge in [-0.2, -0.15) is 0 Å². The highest BCUT2D eigenvalue weighted by Gasteiger charge is 2.23. The zero-order chi connectivity index (χ0) is 17.8. The zero-order valence-corrected chi connectivity index (χ0v) is 13.7. The van der Waals surface area contributed by atoms with Crippen LogP contribution in [0.5, 0.6) is 5.75 Å². The Morgan fingerprint density at radius 2 is 2.08 bits per heavy atom. The van der Waals surface area contributed by atoms with E-state index >= 15 is 0 Å². The van der Waals surface area contributed by atoms with Crippen molar-refractivity contribution in [2.75, 3.05) is 18.0 Å². The molecule has 2 aromatic carbocycles. The van der Waals surface area contributed by atoms with Crippen LogP contribution in [0.4, 0.5) is 10.1 Å². The van der Waals surface area contributed by atoms with E-state index in [1.54, 1.807) is 23.1 Å². The maximum atomic E-state index is 14.0. The summed E-state index contributed by atoms with van der Waals surface area (Å²) in [6.45, 7) is 0.900. The molecule has 6 heteroatoms. The highest BCUT2D eigenvalue weighted by Crippen LogP contribution is 2.23. The molecule has 0 radical (unpaired) electrons. The summed E-state index contributed by atoms with van der Waals surface area (Å²) in [6, 6.07) is 10.9. The highest BCUT2D eigenvalue weighted by atomic mass is 19.1. The van der Waals surface area contributed by atoms with E-state index in [0.717, 1.165) is 12.0 Å². The number of carbonyl (C=O) groups is 2. The lowest BCUT2D eigenvalue weighted by molar-refractivity contribution is -0.117. The van der Waals surface area contributed by atoms with Crippen molar-refractivity contribution in [3.63, 3.8) is 0 Å². The van der Waals surface area contributed by atoms with Crippen LogP contribution >= 0.6 is 0 Å². The fourth-order valence-corrected chi connectivity index (χ4v) is 2.90. The number of phenols is 1. The van der Waals surface area contributed by atoms with Gasteiger partial charge in [0.25, 0.3) is 5.91 Å². The van der Waals surface area contributed by atoms with Gasteiger partial charge < -0.3 is 15.3 Å². The molecule has 0 spiro atoms. The van der Waals surface area contributed by atoms with Crippen molar-refractivity contribution in [3.8, 4) is 5.75 Å². The molecule has 2 amide bonds. The van der Waals surface area contributed by atoms with Gasteiger partial charge in [0, 0.05) is 25.2 Å². The van der Waals surface area contributed by atoms with Crippen molar-refractivity contribution in [2.45, 2.75) is 19.3 Å². The smallest absolute Gasteiger partial charge is 0.254 e. The Morgan fingerprint density at radius 1 is 1.24 bits per heavy atom. The summed E-state index contributed by atoms with van der Waals surface area (Å²) in [6.07, 6.45) is 1.76. The molecule has 3 rings (SSSR count). The number of anilines is 1. The Labute approximate surface area is 145 Å². The number of nitrogens with zero attached hydrogens (tertiary/aromatic N) is 1. The third-order valence-electron chi connectivity index (χ3n) is 4.19. The van der Waals surface area contributed by atoms with E-state index in [0.29, 0.717) is 31.6 Å². The van der Waals surface area contributed by atoms with Gasteiger partial charge in [-0.25, -0.2) is 4.39 Å². The van der Waals surface area contributed by atoms with Gasteiger partial charge >= 0.3 is 0 Å². The fourth-order valence-electron chi connectivity index (χ4n) is 2.90. The second kappa shape index (κ2) is 7.34. The quantitative estimate of drug-likeness (QED) is 0.878. The molecule has 2 N–H and O–H groups in total. The fraction of sp³-hybridized carbons (Fsp3) is 0.263. The van der Waals surface area contributed by atoms with Gasteiger partial charge in [-0.05, 0) is 48.7 Å². The summed E-state index contributed by atoms with van der Waals surface area (Å²) in [5.41, 5.74) is 1.34. The number of halogens is 1. The molecular weight excluding hydrogens is 323 g/mol. The number of hydrogen-bond acceptors (Lipinski definition) is 3. The first-order chi connectivity index (χ1) is 12.0. The first kappa shape index (κ1) is 17.0. The molecule has 0 atom stereocenters. The third kappa shape index (κ3) is 3.96. The zero-order valence-electron chi connectivity index (χ0n) is 13.7. The van der Waals surface area contributed by atoms with E-state index in [2.05, 4.69) is 5.32 Å². The molecule has 0 aliphatic carbocycles. The first-order valence-electron chi connectivity index (χ1n) is 8.20. The summed E-state index contributed by atoms with van der Waals surface area (Å²) in [5, 5.41) is 12.1. The van der Waals surface area contributed by atoms with Crippen molar-refractivity contribution < 1.29 is 19.1 Å². The standard InChI is InChI=1S/C19H19FN2O3/c20-17-7-6-14(22-10-2-5-18(22)24)12-16(17)19(25)21-9-8-13-3-1-4-15(23)11-13/h1,3-4,6-7,11-12,23H,2,5,8-10H2,(H,21,25). The molecule has 1 fully saturated rings. The van der Waals surface area contributed by atoms with E-state index in [1.807, 2.05) is 6.07 Å². The average Bonchev–Trinajstić information content (AvgIpc) is 3.01. The topological polar surface area (TPSA) is 69.6 Å². The highest BCUT2D eigenvalue weighted by molar-refractivity contribution is 5.99. The normalized spacial score (nSPS) is 14.0. The summed E-state index contributed by atoms with van der Waals surface area (Å²) in [5.74, 6) is -0.990. The van der Waals surface area contributed by atoms with Crippen LogP contribution < -0.4 is 10.2 Å². The van der Waals surface area contributed by atoms with Crippen LogP contribution in [0.1, 0.15) is 28.8 Å². The van der Waals surface area contributed by atoms with E-state index in [1.165, 1.54) is 18.2 Å². The van der Waals surface area contributed by atoms with Crippen molar-refractivity contribution in [2.24, 2.45) is 0 Å². The van der Waals surface area contributed by atoms with Crippen molar-refractivity contribution in [1.29, 1.82) is 0 Å². The minimum Gasteiger partial charge on any atom is -0.508 e. The van der Waals surface area contributed by atoms with E-state index < -0.39 is 11.7 Å². The second-order valence-electron chi connectivity index (χ2n) is 5.99. The summed E-state index contributed by atoms with van der Waals surface area (Å²) >= 11 is 0. The minimum atomic E-state index is -0.620. The van der Waals surface area contributed by atoms with Gasteiger partial charge in [0.15, 0.2) is 0 Å². The van der Waals surface area contributed by atoms with Crippen molar-refractivity contribution in [3.05, 3.63) is 59.4 Å². The Balaban J connectivity index is 1.66. The van der Waals surface area contributed by atoms with Crippen LogP contribution in [0, 0.1) is 5.82 Å². The molecule has 2 aromatic rings. The molecule has 1 aliphatic heterocycles. The van der Waals surface area contributed by atoms with Gasteiger partial charge in [-0.3, -0.25) is 9.59 Å². The lowest BCUT2D eigenvalue weighted by Gasteiger charge is -2.17. The Morgan fingerprint density at radius 3 is 2.80 bits per heavy atom. The lowest BCUT2D eigenvalue weighted by Crippen LogP contribution is -2.28. The number of benzene rings is 2. The average molecular weight is 342 g/mol. The number of hydrogen-bond donors (Lipinski definition) is 2. The van der Waals surface area contributed by atoms with Gasteiger partial charge in [0.1, 0.15) is 11.6 Å². The van der Waals surface area contributed by atoms with Crippen LogP contribution in [0.25, 0.3) is 0 Å². The number of phenolic OH excluding ortho intramolecular Hbond substituents is 1. The molecule has 130 valence electrons. The molecule has 0 unspecified atom stereocenters. The predicted molar refractivity (Wildman–Crippen MR) is 92.1 cm³/mol. The molecule has 5 nitrogen and oxygen atoms in total. The molecule has 0 bridgehead atoms. The molecule has 1 saturated heterocycles. The van der Waals surface area contributed by atoms with Crippen LogP contribution in [0.15, 0.2) is 42.5 Å². The maximum absolute atomic E-state index is 14.0. The monoisotopic (exact) mass is 342 g/mol. The molecule has 1 aliphatic rings. The lowest BCUT2D eigenvalue weighted by atomic mass is 10.1. The van der Waals surface area contributed by atoms with E-state index in [-0.39, 0.29) is 17.2 Å². The Kier molecular flexibility index (Phi) is 4.97. The van der Waals surface area contributed by atoms with Crippen LogP contribution in [-0.4, -0.2) is 30.0 Å². The van der Waals surface area contributed by atoms with Crippen LogP contribution in [-0.2, 0) is 11.2 Å². The largest absolute Gasteiger partial charge is 0.508 e. The van der Waals surface area contributed by atoms with Gasteiger partial charge in [0.2, 0.25) is 5.91 Å². The Bertz CT molecular complexity index is 807. The molecule has 0 saturated carbocycles. The SMILES string of the molecule is O=C(NCCc1cccc(O)c1)c1cc(N2CCCC2=O)ccc1F. The molecule has 25 heavy (non-hydrogen) atoms. The molecule has 1 heterocycles. The van der Waals surface area contributed by atoms with Crippen molar-refractivity contribution in [1.82, 2.24) is 5.32 Å². The number of nitrogens with one attached hydrogen (secondary N) is 1. The third-order valence-corrected chi connectivity index (χ3v) is 4.19. The summed E-state index contributed by atoms with van der Waals surface area (Å²) < 4.78 is 14.0. The first-order valence-corrected chi connectivity index (χ1v) is 8.20. The number of carbonyl (C=O) groups excluding carboxylic acids is 2. The second-order valence-corrected chi connectivity index (χ2v) is 5.99. The number of aromatic hydroxyl groups is 1. The van der Waals surface area contributed by atoms with E-state index in [4.69, 9.17) is 0 Å². The molecular formula is C19H19FN2O3. The Hall–Kier alpha value is -2.89. The minimum absolute atomic E-state index is 0.0122. The van der Waals surface area contributed by atoms with Crippen molar-refractivity contribution >= 4 is 17.5 Å². The maximum Gasteiger partial charge on any atom is 0.254 e. The number of amides is 2. The summed E-state index contributed by atoms with van der Waals surface area (Å²) in [4.78, 5) is 25.6. The summed E-state index contributed by atoms with van der Waals surface area (Å²) in [7, 11) is 0. The van der Waals surface area contributed by atoms with Gasteiger partial charge in [-0.1, -0.05) is 12.1 Å². The van der Waals surface area contributed by atoms with Crippen LogP contribution in [0.2, 0.25) is 0 Å². The van der Waals surface area contributed by atoms with E-state index in [9.17, 15) is 19.1 Å². The molecule has 0 aromatic heterocycles. The van der Waals surface area contributed by atoms with Crippen LogP contribution in [0.3, 0.4) is 0 Å². The van der Waals surface area contributed by atoms with Gasteiger partial charge in [0.05, 0.1) is 5.56 Å². The number of rotatable bonds is 5. The predicted octanol–water partition coefficient (Wildman–Crippen LogP) is 2.63. The van der Waals surface area contributed by atoms with Gasteiger partial charge in [-0.15, -0.1) is 0 Å².